The van der Waals surface area contributed by atoms with Gasteiger partial charge in [0.05, 0.1) is 5.70 Å². The van der Waals surface area contributed by atoms with E-state index in [2.05, 4.69) is 61.7 Å². The molecule has 0 amide bonds. The summed E-state index contributed by atoms with van der Waals surface area (Å²) in [6.07, 6.45) is 13.2. The van der Waals surface area contributed by atoms with Crippen molar-refractivity contribution in [3.63, 3.8) is 0 Å². The van der Waals surface area contributed by atoms with Crippen molar-refractivity contribution in [2.75, 3.05) is 28.2 Å². The molecule has 0 atom stereocenters. The lowest BCUT2D eigenvalue weighted by molar-refractivity contribution is -0.0617. The molecule has 4 saturated carbocycles. The maximum atomic E-state index is 3.71. The maximum Gasteiger partial charge on any atom is 0.144 e. The van der Waals surface area contributed by atoms with Crippen LogP contribution in [0.5, 0.6) is 0 Å². The molecule has 0 saturated heterocycles. The van der Waals surface area contributed by atoms with Crippen molar-refractivity contribution in [1.82, 2.24) is 14.7 Å². The summed E-state index contributed by atoms with van der Waals surface area (Å²) in [5.74, 6) is 2.91. The molecule has 4 aliphatic carbocycles. The highest BCUT2D eigenvalue weighted by atomic mass is 15.3. The number of nitrogens with zero attached hydrogens (tertiary/aromatic N) is 3. The quantitative estimate of drug-likeness (QED) is 0.792. The maximum absolute atomic E-state index is 3.71. The lowest BCUT2D eigenvalue weighted by Crippen LogP contribution is -2.58. The average molecular weight is 299 g/mol. The van der Waals surface area contributed by atoms with Gasteiger partial charge in [-0.1, -0.05) is 0 Å². The molecule has 4 bridgehead atoms. The fraction of sp³-hybridized carbons (Fsp3) is 0.737. The van der Waals surface area contributed by atoms with Gasteiger partial charge in [-0.15, -0.1) is 0 Å². The highest BCUT2D eigenvalue weighted by Crippen LogP contribution is 2.58. The summed E-state index contributed by atoms with van der Waals surface area (Å²) in [5.41, 5.74) is 2.84. The molecule has 1 heterocycles. The summed E-state index contributed by atoms with van der Waals surface area (Å²) in [6, 6.07) is 0. The molecular formula is C19H29N3. The van der Waals surface area contributed by atoms with Gasteiger partial charge in [-0.2, -0.15) is 0 Å². The first-order chi connectivity index (χ1) is 10.4. The average Bonchev–Trinajstić information content (AvgIpc) is 2.45. The third-order valence-corrected chi connectivity index (χ3v) is 6.30. The van der Waals surface area contributed by atoms with Crippen molar-refractivity contribution >= 4 is 0 Å². The van der Waals surface area contributed by atoms with E-state index in [4.69, 9.17) is 0 Å². The topological polar surface area (TPSA) is 9.72 Å². The molecule has 0 spiro atoms. The Balaban J connectivity index is 1.66. The Kier molecular flexibility index (Phi) is 3.25. The molecule has 0 N–H and O–H groups in total. The van der Waals surface area contributed by atoms with E-state index in [0.29, 0.717) is 5.54 Å². The van der Waals surface area contributed by atoms with Crippen LogP contribution in [0.2, 0.25) is 0 Å². The molecule has 22 heavy (non-hydrogen) atoms. The summed E-state index contributed by atoms with van der Waals surface area (Å²) >= 11 is 0. The van der Waals surface area contributed by atoms with Crippen LogP contribution in [0.4, 0.5) is 0 Å². The predicted molar refractivity (Wildman–Crippen MR) is 89.5 cm³/mol. The lowest BCUT2D eigenvalue weighted by atomic mass is 9.52. The van der Waals surface area contributed by atoms with Gasteiger partial charge in [0.1, 0.15) is 6.54 Å². The molecule has 5 rings (SSSR count). The molecule has 3 heteroatoms. The van der Waals surface area contributed by atoms with Crippen LogP contribution in [0.15, 0.2) is 23.7 Å². The first-order valence-corrected chi connectivity index (χ1v) is 8.79. The summed E-state index contributed by atoms with van der Waals surface area (Å²) in [6.45, 7) is 3.71. The fourth-order valence-corrected chi connectivity index (χ4v) is 5.59. The first-order valence-electron chi connectivity index (χ1n) is 8.79. The summed E-state index contributed by atoms with van der Waals surface area (Å²) in [5, 5.41) is 0. The largest absolute Gasteiger partial charge is 0.379 e. The number of likely N-dealkylation sites (N-methyl/N-ethyl adjacent to an activating group) is 2. The Morgan fingerprint density at radius 2 is 1.50 bits per heavy atom. The lowest BCUT2D eigenvalue weighted by Gasteiger charge is -2.60. The van der Waals surface area contributed by atoms with Crippen LogP contribution >= 0.6 is 0 Å². The second kappa shape index (κ2) is 4.94. The van der Waals surface area contributed by atoms with E-state index < -0.39 is 0 Å². The van der Waals surface area contributed by atoms with Gasteiger partial charge in [-0.05, 0) is 62.4 Å². The van der Waals surface area contributed by atoms with Crippen LogP contribution < -0.4 is 0 Å². The molecule has 5 aliphatic rings. The smallest absolute Gasteiger partial charge is 0.144 e. The minimum absolute atomic E-state index is 0.353. The third-order valence-electron chi connectivity index (χ3n) is 6.30. The van der Waals surface area contributed by atoms with Crippen molar-refractivity contribution in [2.24, 2.45) is 17.8 Å². The number of rotatable bonds is 3. The van der Waals surface area contributed by atoms with Crippen LogP contribution in [-0.4, -0.2) is 48.4 Å². The normalized spacial score (nSPS) is 39.6. The van der Waals surface area contributed by atoms with E-state index in [0.717, 1.165) is 17.8 Å². The summed E-state index contributed by atoms with van der Waals surface area (Å²) < 4.78 is 0. The van der Waals surface area contributed by atoms with Crippen molar-refractivity contribution in [3.8, 4) is 0 Å². The van der Waals surface area contributed by atoms with Crippen LogP contribution in [0.25, 0.3) is 0 Å². The van der Waals surface area contributed by atoms with Gasteiger partial charge >= 0.3 is 0 Å². The van der Waals surface area contributed by atoms with Gasteiger partial charge < -0.3 is 14.7 Å². The Labute approximate surface area is 135 Å². The van der Waals surface area contributed by atoms with E-state index >= 15 is 0 Å². The zero-order valence-corrected chi connectivity index (χ0v) is 14.5. The van der Waals surface area contributed by atoms with Crippen molar-refractivity contribution in [3.05, 3.63) is 30.2 Å². The predicted octanol–water partition coefficient (Wildman–Crippen LogP) is 3.16. The molecule has 2 radical (unpaired) electrons. The molecule has 1 aliphatic heterocycles. The van der Waals surface area contributed by atoms with Crippen LogP contribution in [0.3, 0.4) is 0 Å². The van der Waals surface area contributed by atoms with Crippen molar-refractivity contribution < 1.29 is 0 Å². The molecule has 0 aromatic heterocycles. The minimum atomic E-state index is 0.353. The van der Waals surface area contributed by atoms with Crippen LogP contribution in [0.1, 0.15) is 38.5 Å². The first kappa shape index (κ1) is 14.5. The second-order valence-corrected chi connectivity index (χ2v) is 8.50. The monoisotopic (exact) mass is 299 g/mol. The van der Waals surface area contributed by atoms with Gasteiger partial charge in [-0.25, -0.2) is 0 Å². The minimum Gasteiger partial charge on any atom is -0.379 e. The van der Waals surface area contributed by atoms with Crippen LogP contribution in [0, 0.1) is 24.3 Å². The van der Waals surface area contributed by atoms with E-state index in [1.807, 2.05) is 0 Å². The van der Waals surface area contributed by atoms with E-state index in [-0.39, 0.29) is 0 Å². The van der Waals surface area contributed by atoms with Crippen LogP contribution in [-0.2, 0) is 0 Å². The van der Waals surface area contributed by atoms with E-state index in [9.17, 15) is 0 Å². The standard InChI is InChI=1S/C19H29N3/c1-20(2)17-8-18(21(3)4)13-22(12-17)19-9-14-5-15(10-19)7-16(6-14)11-19/h8,12,14-16H,5-7,9-11H2,1-4H3. The van der Waals surface area contributed by atoms with Gasteiger partial charge in [0.25, 0.3) is 0 Å². The zero-order valence-electron chi connectivity index (χ0n) is 14.5. The van der Waals surface area contributed by atoms with Crippen molar-refractivity contribution in [2.45, 2.75) is 44.1 Å². The van der Waals surface area contributed by atoms with Gasteiger partial charge in [0, 0.05) is 45.6 Å². The molecule has 0 aromatic rings. The van der Waals surface area contributed by atoms with E-state index in [1.54, 1.807) is 0 Å². The molecule has 0 aromatic carbocycles. The van der Waals surface area contributed by atoms with E-state index in [1.165, 1.54) is 49.9 Å². The summed E-state index contributed by atoms with van der Waals surface area (Å²) in [7, 11) is 8.52. The fourth-order valence-electron chi connectivity index (χ4n) is 5.59. The SMILES string of the molecule is CN(C)C1=CC(N(C)C)=CN(C23CC4CC(CC(C4)C2)C3)[C]1. The van der Waals surface area contributed by atoms with Gasteiger partial charge in [0.15, 0.2) is 0 Å². The Morgan fingerprint density at radius 1 is 0.955 bits per heavy atom. The third kappa shape index (κ3) is 2.24. The van der Waals surface area contributed by atoms with Gasteiger partial charge in [-0.3, -0.25) is 0 Å². The number of hydrogen-bond acceptors (Lipinski definition) is 3. The number of allylic oxidation sites excluding steroid dienone is 1. The highest BCUT2D eigenvalue weighted by Gasteiger charge is 2.53. The Morgan fingerprint density at radius 3 is 1.95 bits per heavy atom. The molecule has 120 valence electrons. The summed E-state index contributed by atoms with van der Waals surface area (Å²) in [4.78, 5) is 6.89. The molecule has 4 fully saturated rings. The molecule has 3 nitrogen and oxygen atoms in total. The highest BCUT2D eigenvalue weighted by molar-refractivity contribution is 5.32. The second-order valence-electron chi connectivity index (χ2n) is 8.50. The number of hydrogen-bond donors (Lipinski definition) is 0. The molecule has 0 unspecified atom stereocenters. The van der Waals surface area contributed by atoms with Crippen molar-refractivity contribution in [1.29, 1.82) is 0 Å². The zero-order chi connectivity index (χ0) is 15.5. The Bertz CT molecular complexity index is 479. The Hall–Kier alpha value is -1.12. The van der Waals surface area contributed by atoms with Gasteiger partial charge in [0.2, 0.25) is 0 Å². The molecular weight excluding hydrogens is 270 g/mol.